The van der Waals surface area contributed by atoms with Gasteiger partial charge < -0.3 is 10.2 Å². The molecule has 0 aliphatic carbocycles. The molecule has 2 rings (SSSR count). The molecule has 2 N–H and O–H groups in total. The Balaban J connectivity index is 1.91. The molecule has 1 heterocycles. The fourth-order valence-electron chi connectivity index (χ4n) is 1.42. The van der Waals surface area contributed by atoms with E-state index in [4.69, 9.17) is 10.2 Å². The van der Waals surface area contributed by atoms with Crippen LogP contribution in [0.25, 0.3) is 11.5 Å². The summed E-state index contributed by atoms with van der Waals surface area (Å²) >= 11 is 1.73. The SMILES string of the molecule is CCC(N)CSCc1nnc(-c2ccccc2)o1. The van der Waals surface area contributed by atoms with Gasteiger partial charge in [-0.05, 0) is 18.6 Å². The van der Waals surface area contributed by atoms with Gasteiger partial charge in [-0.25, -0.2) is 0 Å². The van der Waals surface area contributed by atoms with Crippen LogP contribution in [-0.2, 0) is 5.75 Å². The molecule has 96 valence electrons. The van der Waals surface area contributed by atoms with Gasteiger partial charge in [0.2, 0.25) is 11.8 Å². The lowest BCUT2D eigenvalue weighted by molar-refractivity contribution is 0.528. The fraction of sp³-hybridized carbons (Fsp3) is 0.385. The van der Waals surface area contributed by atoms with Gasteiger partial charge >= 0.3 is 0 Å². The number of nitrogens with zero attached hydrogens (tertiary/aromatic N) is 2. The molecule has 1 atom stereocenters. The molecule has 0 amide bonds. The first kappa shape index (κ1) is 13.1. The van der Waals surface area contributed by atoms with E-state index in [1.165, 1.54) is 0 Å². The van der Waals surface area contributed by atoms with Gasteiger partial charge in [-0.3, -0.25) is 0 Å². The van der Waals surface area contributed by atoms with Crippen molar-refractivity contribution >= 4 is 11.8 Å². The summed E-state index contributed by atoms with van der Waals surface area (Å²) in [6, 6.07) is 10.0. The third-order valence-electron chi connectivity index (χ3n) is 2.57. The Morgan fingerprint density at radius 2 is 2.06 bits per heavy atom. The second-order valence-corrected chi connectivity index (χ2v) is 5.08. The number of hydrogen-bond acceptors (Lipinski definition) is 5. The van der Waals surface area contributed by atoms with Gasteiger partial charge in [-0.2, -0.15) is 11.8 Å². The zero-order valence-electron chi connectivity index (χ0n) is 10.4. The molecule has 0 saturated heterocycles. The van der Waals surface area contributed by atoms with Crippen LogP contribution < -0.4 is 5.73 Å². The summed E-state index contributed by atoms with van der Waals surface area (Å²) in [6.07, 6.45) is 0.992. The molecule has 1 aromatic carbocycles. The summed E-state index contributed by atoms with van der Waals surface area (Å²) in [6.45, 7) is 2.09. The predicted octanol–water partition coefficient (Wildman–Crippen LogP) is 2.71. The van der Waals surface area contributed by atoms with Crippen molar-refractivity contribution < 1.29 is 4.42 Å². The predicted molar refractivity (Wildman–Crippen MR) is 74.2 cm³/mol. The molecule has 0 spiro atoms. The molecule has 2 aromatic rings. The van der Waals surface area contributed by atoms with E-state index in [-0.39, 0.29) is 6.04 Å². The number of aromatic nitrogens is 2. The van der Waals surface area contributed by atoms with Crippen LogP contribution in [0.1, 0.15) is 19.2 Å². The quantitative estimate of drug-likeness (QED) is 0.868. The molecule has 0 aliphatic rings. The van der Waals surface area contributed by atoms with Crippen molar-refractivity contribution in [3.63, 3.8) is 0 Å². The Labute approximate surface area is 111 Å². The molecule has 0 aliphatic heterocycles. The average Bonchev–Trinajstić information content (AvgIpc) is 2.88. The van der Waals surface area contributed by atoms with Crippen LogP contribution in [0.15, 0.2) is 34.7 Å². The summed E-state index contributed by atoms with van der Waals surface area (Å²) in [4.78, 5) is 0. The van der Waals surface area contributed by atoms with Gasteiger partial charge in [0.25, 0.3) is 0 Å². The normalized spacial score (nSPS) is 12.6. The van der Waals surface area contributed by atoms with Crippen LogP contribution in [0, 0.1) is 0 Å². The number of nitrogens with two attached hydrogens (primary N) is 1. The summed E-state index contributed by atoms with van der Waals surface area (Å²) in [5.74, 6) is 2.86. The van der Waals surface area contributed by atoms with E-state index >= 15 is 0 Å². The molecule has 0 bridgehead atoms. The van der Waals surface area contributed by atoms with Crippen molar-refractivity contribution in [1.29, 1.82) is 0 Å². The highest BCUT2D eigenvalue weighted by Gasteiger charge is 2.08. The van der Waals surface area contributed by atoms with Crippen LogP contribution >= 0.6 is 11.8 Å². The molecular weight excluding hydrogens is 246 g/mol. The number of thioether (sulfide) groups is 1. The Bertz CT molecular complexity index is 472. The Kier molecular flexibility index (Phi) is 4.78. The first-order valence-electron chi connectivity index (χ1n) is 6.00. The summed E-state index contributed by atoms with van der Waals surface area (Å²) < 4.78 is 5.60. The van der Waals surface area contributed by atoms with E-state index in [0.717, 1.165) is 17.7 Å². The minimum atomic E-state index is 0.242. The minimum Gasteiger partial charge on any atom is -0.420 e. The molecule has 5 heteroatoms. The van der Waals surface area contributed by atoms with E-state index in [0.29, 0.717) is 17.5 Å². The summed E-state index contributed by atoms with van der Waals surface area (Å²) in [7, 11) is 0. The van der Waals surface area contributed by atoms with Crippen molar-refractivity contribution in [3.05, 3.63) is 36.2 Å². The lowest BCUT2D eigenvalue weighted by Gasteiger charge is -2.05. The molecular formula is C13H17N3OS. The largest absolute Gasteiger partial charge is 0.420 e. The molecule has 0 fully saturated rings. The van der Waals surface area contributed by atoms with Gasteiger partial charge in [-0.1, -0.05) is 25.1 Å². The maximum atomic E-state index is 5.85. The molecule has 18 heavy (non-hydrogen) atoms. The number of benzene rings is 1. The highest BCUT2D eigenvalue weighted by Crippen LogP contribution is 2.19. The Morgan fingerprint density at radius 3 is 2.78 bits per heavy atom. The van der Waals surface area contributed by atoms with Crippen molar-refractivity contribution in [2.24, 2.45) is 5.73 Å². The Hall–Kier alpha value is -1.33. The molecule has 1 aromatic heterocycles. The second-order valence-electron chi connectivity index (χ2n) is 4.05. The van der Waals surface area contributed by atoms with Crippen LogP contribution in [-0.4, -0.2) is 22.0 Å². The number of rotatable bonds is 6. The summed E-state index contributed by atoms with van der Waals surface area (Å²) in [5, 5.41) is 8.08. The van der Waals surface area contributed by atoms with Crippen molar-refractivity contribution in [1.82, 2.24) is 10.2 Å². The first-order chi connectivity index (χ1) is 8.79. The highest BCUT2D eigenvalue weighted by molar-refractivity contribution is 7.98. The van der Waals surface area contributed by atoms with E-state index in [1.807, 2.05) is 30.3 Å². The van der Waals surface area contributed by atoms with Crippen LogP contribution in [0.3, 0.4) is 0 Å². The second kappa shape index (κ2) is 6.56. The molecule has 0 saturated carbocycles. The molecule has 0 radical (unpaired) electrons. The lowest BCUT2D eigenvalue weighted by atomic mass is 10.2. The van der Waals surface area contributed by atoms with E-state index in [9.17, 15) is 0 Å². The Morgan fingerprint density at radius 1 is 1.28 bits per heavy atom. The monoisotopic (exact) mass is 263 g/mol. The smallest absolute Gasteiger partial charge is 0.247 e. The van der Waals surface area contributed by atoms with Gasteiger partial charge in [0, 0.05) is 17.4 Å². The average molecular weight is 263 g/mol. The number of hydrogen-bond donors (Lipinski definition) is 1. The zero-order valence-corrected chi connectivity index (χ0v) is 11.2. The van der Waals surface area contributed by atoms with Crippen molar-refractivity contribution in [2.45, 2.75) is 25.1 Å². The zero-order chi connectivity index (χ0) is 12.8. The summed E-state index contributed by atoms with van der Waals surface area (Å²) in [5.41, 5.74) is 6.80. The fourth-order valence-corrected chi connectivity index (χ4v) is 2.37. The van der Waals surface area contributed by atoms with E-state index < -0.39 is 0 Å². The van der Waals surface area contributed by atoms with Crippen molar-refractivity contribution in [3.8, 4) is 11.5 Å². The lowest BCUT2D eigenvalue weighted by Crippen LogP contribution is -2.21. The maximum absolute atomic E-state index is 5.85. The van der Waals surface area contributed by atoms with E-state index in [2.05, 4.69) is 17.1 Å². The standard InChI is InChI=1S/C13H17N3OS/c1-2-11(14)8-18-9-12-15-16-13(17-12)10-6-4-3-5-7-10/h3-7,11H,2,8-9,14H2,1H3. The van der Waals surface area contributed by atoms with Crippen LogP contribution in [0.4, 0.5) is 0 Å². The minimum absolute atomic E-state index is 0.242. The molecule has 1 unspecified atom stereocenters. The van der Waals surface area contributed by atoms with Gasteiger partial charge in [0.1, 0.15) is 0 Å². The third kappa shape index (κ3) is 3.58. The molecule has 4 nitrogen and oxygen atoms in total. The van der Waals surface area contributed by atoms with Crippen LogP contribution in [0.2, 0.25) is 0 Å². The van der Waals surface area contributed by atoms with Gasteiger partial charge in [0.05, 0.1) is 5.75 Å². The first-order valence-corrected chi connectivity index (χ1v) is 7.16. The van der Waals surface area contributed by atoms with Crippen molar-refractivity contribution in [2.75, 3.05) is 5.75 Å². The van der Waals surface area contributed by atoms with Crippen LogP contribution in [0.5, 0.6) is 0 Å². The topological polar surface area (TPSA) is 64.9 Å². The maximum Gasteiger partial charge on any atom is 0.247 e. The highest BCUT2D eigenvalue weighted by atomic mass is 32.2. The van der Waals surface area contributed by atoms with E-state index in [1.54, 1.807) is 11.8 Å². The third-order valence-corrected chi connectivity index (χ3v) is 3.68. The van der Waals surface area contributed by atoms with Gasteiger partial charge in [-0.15, -0.1) is 10.2 Å². The van der Waals surface area contributed by atoms with Gasteiger partial charge in [0.15, 0.2) is 0 Å².